The molecule has 8 heteroatoms. The van der Waals surface area contributed by atoms with Crippen molar-refractivity contribution in [2.24, 2.45) is 13.0 Å². The minimum atomic E-state index is -0.131. The zero-order valence-corrected chi connectivity index (χ0v) is 16.8. The summed E-state index contributed by atoms with van der Waals surface area (Å²) in [6, 6.07) is 1.69. The highest BCUT2D eigenvalue weighted by Crippen LogP contribution is 2.24. The van der Waals surface area contributed by atoms with Gasteiger partial charge in [-0.2, -0.15) is 5.10 Å². The maximum Gasteiger partial charge on any atom is 0.269 e. The number of carbonyl (C=O) groups excluding carboxylic acids is 3. The van der Waals surface area contributed by atoms with Crippen LogP contribution in [0.15, 0.2) is 12.3 Å². The summed E-state index contributed by atoms with van der Waals surface area (Å²) in [5.74, 6) is 0.106. The molecule has 0 radical (unpaired) electrons. The Bertz CT molecular complexity index is 903. The molecule has 2 aromatic heterocycles. The van der Waals surface area contributed by atoms with Crippen LogP contribution in [0.25, 0.3) is 0 Å². The standard InChI is InChI=1S/C20H27N5O3/c1-12-17(13(2)23-18(12)14(3)26)20(28)25-9-6-15(7-10-25)11-21-19(27)16-5-8-22-24(16)4/h5,8,15,23H,6-7,9-11H2,1-4H3,(H,21,27). The number of carbonyl (C=O) groups is 3. The molecule has 0 unspecified atom stereocenters. The Labute approximate surface area is 164 Å². The quantitative estimate of drug-likeness (QED) is 0.767. The zero-order valence-electron chi connectivity index (χ0n) is 16.8. The van der Waals surface area contributed by atoms with E-state index in [1.165, 1.54) is 6.92 Å². The summed E-state index contributed by atoms with van der Waals surface area (Å²) in [6.07, 6.45) is 3.26. The van der Waals surface area contributed by atoms with E-state index in [2.05, 4.69) is 15.4 Å². The first-order chi connectivity index (χ1) is 13.3. The van der Waals surface area contributed by atoms with Crippen molar-refractivity contribution in [3.05, 3.63) is 40.5 Å². The minimum Gasteiger partial charge on any atom is -0.355 e. The van der Waals surface area contributed by atoms with Crippen molar-refractivity contribution < 1.29 is 14.4 Å². The van der Waals surface area contributed by atoms with Gasteiger partial charge in [-0.15, -0.1) is 0 Å². The number of hydrogen-bond acceptors (Lipinski definition) is 4. The molecule has 0 spiro atoms. The molecule has 0 bridgehead atoms. The van der Waals surface area contributed by atoms with Crippen molar-refractivity contribution in [2.75, 3.05) is 19.6 Å². The van der Waals surface area contributed by atoms with Crippen LogP contribution in [0.2, 0.25) is 0 Å². The van der Waals surface area contributed by atoms with E-state index >= 15 is 0 Å². The Balaban J connectivity index is 1.55. The number of likely N-dealkylation sites (tertiary alicyclic amines) is 1. The number of aryl methyl sites for hydroxylation is 2. The Morgan fingerprint density at radius 3 is 2.46 bits per heavy atom. The van der Waals surface area contributed by atoms with Crippen molar-refractivity contribution in [3.8, 4) is 0 Å². The number of aromatic amines is 1. The van der Waals surface area contributed by atoms with Gasteiger partial charge in [-0.1, -0.05) is 0 Å². The van der Waals surface area contributed by atoms with Crippen molar-refractivity contribution >= 4 is 17.6 Å². The average molecular weight is 385 g/mol. The normalized spacial score (nSPS) is 14.9. The predicted octanol–water partition coefficient (Wildman–Crippen LogP) is 1.85. The fourth-order valence-electron chi connectivity index (χ4n) is 3.85. The lowest BCUT2D eigenvalue weighted by Gasteiger charge is -2.32. The summed E-state index contributed by atoms with van der Waals surface area (Å²) in [4.78, 5) is 41.7. The molecule has 2 amide bonds. The second kappa shape index (κ2) is 8.00. The smallest absolute Gasteiger partial charge is 0.269 e. The highest BCUT2D eigenvalue weighted by molar-refractivity contribution is 6.02. The fraction of sp³-hybridized carbons (Fsp3) is 0.500. The van der Waals surface area contributed by atoms with E-state index in [9.17, 15) is 14.4 Å². The number of nitrogens with zero attached hydrogens (tertiary/aromatic N) is 3. The number of amides is 2. The van der Waals surface area contributed by atoms with E-state index in [4.69, 9.17) is 0 Å². The van der Waals surface area contributed by atoms with Gasteiger partial charge in [0.15, 0.2) is 5.78 Å². The molecule has 1 fully saturated rings. The van der Waals surface area contributed by atoms with Crippen LogP contribution in [0, 0.1) is 19.8 Å². The van der Waals surface area contributed by atoms with Crippen LogP contribution in [0.4, 0.5) is 0 Å². The maximum absolute atomic E-state index is 13.0. The minimum absolute atomic E-state index is 0.0314. The highest BCUT2D eigenvalue weighted by atomic mass is 16.2. The molecule has 1 aliphatic rings. The van der Waals surface area contributed by atoms with Gasteiger partial charge in [0.25, 0.3) is 11.8 Å². The Morgan fingerprint density at radius 2 is 1.93 bits per heavy atom. The van der Waals surface area contributed by atoms with E-state index in [0.29, 0.717) is 42.5 Å². The van der Waals surface area contributed by atoms with Gasteiger partial charge >= 0.3 is 0 Å². The third-order valence-electron chi connectivity index (χ3n) is 5.51. The summed E-state index contributed by atoms with van der Waals surface area (Å²) in [5.41, 5.74) is 3.10. The van der Waals surface area contributed by atoms with E-state index in [1.807, 2.05) is 18.7 Å². The molecule has 1 aliphatic heterocycles. The van der Waals surface area contributed by atoms with Gasteiger partial charge in [0.2, 0.25) is 0 Å². The molecule has 8 nitrogen and oxygen atoms in total. The molecule has 2 N–H and O–H groups in total. The number of aromatic nitrogens is 3. The van der Waals surface area contributed by atoms with Gasteiger partial charge < -0.3 is 15.2 Å². The van der Waals surface area contributed by atoms with Crippen LogP contribution in [-0.4, -0.2) is 56.9 Å². The van der Waals surface area contributed by atoms with Crippen LogP contribution in [0.5, 0.6) is 0 Å². The van der Waals surface area contributed by atoms with Crippen molar-refractivity contribution in [3.63, 3.8) is 0 Å². The number of ketones is 1. The number of H-pyrrole nitrogens is 1. The lowest BCUT2D eigenvalue weighted by molar-refractivity contribution is 0.0682. The van der Waals surface area contributed by atoms with Crippen molar-refractivity contribution in [1.29, 1.82) is 0 Å². The first-order valence-electron chi connectivity index (χ1n) is 9.55. The molecule has 2 aromatic rings. The van der Waals surface area contributed by atoms with Gasteiger partial charge in [-0.05, 0) is 44.2 Å². The number of nitrogens with one attached hydrogen (secondary N) is 2. The second-order valence-electron chi connectivity index (χ2n) is 7.47. The van der Waals surface area contributed by atoms with E-state index < -0.39 is 0 Å². The van der Waals surface area contributed by atoms with Crippen LogP contribution < -0.4 is 5.32 Å². The van der Waals surface area contributed by atoms with Crippen molar-refractivity contribution in [2.45, 2.75) is 33.6 Å². The van der Waals surface area contributed by atoms with Gasteiger partial charge in [0.1, 0.15) is 5.69 Å². The average Bonchev–Trinajstić information content (AvgIpc) is 3.22. The SMILES string of the molecule is CC(=O)c1[nH]c(C)c(C(=O)N2CCC(CNC(=O)c3ccnn3C)CC2)c1C. The second-order valence-corrected chi connectivity index (χ2v) is 7.47. The van der Waals surface area contributed by atoms with Gasteiger partial charge in [0, 0.05) is 45.5 Å². The largest absolute Gasteiger partial charge is 0.355 e. The third kappa shape index (κ3) is 3.85. The molecule has 0 saturated carbocycles. The molecule has 3 rings (SSSR count). The summed E-state index contributed by atoms with van der Waals surface area (Å²) >= 11 is 0. The van der Waals surface area contributed by atoms with Gasteiger partial charge in [-0.3, -0.25) is 19.1 Å². The van der Waals surface area contributed by atoms with E-state index in [-0.39, 0.29) is 17.6 Å². The molecule has 0 atom stereocenters. The van der Waals surface area contributed by atoms with Crippen molar-refractivity contribution in [1.82, 2.24) is 25.0 Å². The van der Waals surface area contributed by atoms with E-state index in [1.54, 1.807) is 24.0 Å². The zero-order chi connectivity index (χ0) is 20.4. The number of piperidine rings is 1. The molecular weight excluding hydrogens is 358 g/mol. The van der Waals surface area contributed by atoms with E-state index in [0.717, 1.165) is 24.1 Å². The Hall–Kier alpha value is -2.90. The monoisotopic (exact) mass is 385 g/mol. The number of Topliss-reactive ketones (excluding diaryl/α,β-unsaturated/α-hetero) is 1. The third-order valence-corrected chi connectivity index (χ3v) is 5.51. The van der Waals surface area contributed by atoms with Crippen LogP contribution in [-0.2, 0) is 7.05 Å². The molecular formula is C20H27N5O3. The molecule has 0 aliphatic carbocycles. The highest BCUT2D eigenvalue weighted by Gasteiger charge is 2.28. The molecule has 150 valence electrons. The molecule has 0 aromatic carbocycles. The van der Waals surface area contributed by atoms with Crippen LogP contribution in [0.3, 0.4) is 0 Å². The predicted molar refractivity (Wildman–Crippen MR) is 104 cm³/mol. The Morgan fingerprint density at radius 1 is 1.25 bits per heavy atom. The first-order valence-corrected chi connectivity index (χ1v) is 9.55. The van der Waals surface area contributed by atoms with Gasteiger partial charge in [-0.25, -0.2) is 0 Å². The topological polar surface area (TPSA) is 100 Å². The molecule has 1 saturated heterocycles. The number of hydrogen-bond donors (Lipinski definition) is 2. The molecule has 3 heterocycles. The summed E-state index contributed by atoms with van der Waals surface area (Å²) < 4.78 is 1.55. The summed E-state index contributed by atoms with van der Waals surface area (Å²) in [6.45, 7) is 7.01. The first kappa shape index (κ1) is 19.9. The summed E-state index contributed by atoms with van der Waals surface area (Å²) in [5, 5.41) is 6.97. The van der Waals surface area contributed by atoms with Crippen LogP contribution >= 0.6 is 0 Å². The molecule has 28 heavy (non-hydrogen) atoms. The maximum atomic E-state index is 13.0. The summed E-state index contributed by atoms with van der Waals surface area (Å²) in [7, 11) is 1.74. The lowest BCUT2D eigenvalue weighted by Crippen LogP contribution is -2.42. The number of rotatable bonds is 5. The van der Waals surface area contributed by atoms with Gasteiger partial charge in [0.05, 0.1) is 11.3 Å². The fourth-order valence-corrected chi connectivity index (χ4v) is 3.85. The van der Waals surface area contributed by atoms with Crippen LogP contribution in [0.1, 0.15) is 62.4 Å². The Kier molecular flexibility index (Phi) is 5.67. The lowest BCUT2D eigenvalue weighted by atomic mass is 9.95.